The average molecular weight is 296 g/mol. The molecule has 0 saturated carbocycles. The van der Waals surface area contributed by atoms with E-state index in [0.29, 0.717) is 6.54 Å². The smallest absolute Gasteiger partial charge is 0.238 e. The van der Waals surface area contributed by atoms with E-state index in [1.807, 2.05) is 6.07 Å². The second kappa shape index (κ2) is 6.57. The largest absolute Gasteiger partial charge is 0.326 e. The van der Waals surface area contributed by atoms with E-state index in [1.165, 1.54) is 24.0 Å². The second-order valence-electron chi connectivity index (χ2n) is 5.67. The van der Waals surface area contributed by atoms with Crippen molar-refractivity contribution in [1.82, 2.24) is 4.90 Å². The number of nitrogens with one attached hydrogen (secondary N) is 1. The van der Waals surface area contributed by atoms with E-state index >= 15 is 0 Å². The normalized spacial score (nSPS) is 21.4. The van der Waals surface area contributed by atoms with Gasteiger partial charge in [0, 0.05) is 24.8 Å². The van der Waals surface area contributed by atoms with Crippen molar-refractivity contribution in [3.63, 3.8) is 0 Å². The Balaban J connectivity index is 0.00000147. The molecule has 1 heterocycles. The Bertz CT molecular complexity index is 492. The molecule has 0 unspecified atom stereocenters. The number of nitrogens with two attached hydrogens (primary N) is 1. The maximum absolute atomic E-state index is 12.0. The zero-order valence-electron chi connectivity index (χ0n) is 11.6. The molecule has 20 heavy (non-hydrogen) atoms. The van der Waals surface area contributed by atoms with Crippen LogP contribution in [0.3, 0.4) is 0 Å². The zero-order valence-corrected chi connectivity index (χ0v) is 12.4. The van der Waals surface area contributed by atoms with Crippen LogP contribution in [-0.2, 0) is 17.6 Å². The van der Waals surface area contributed by atoms with Gasteiger partial charge < -0.3 is 11.1 Å². The molecule has 3 rings (SSSR count). The lowest BCUT2D eigenvalue weighted by Gasteiger charge is -2.15. The topological polar surface area (TPSA) is 58.4 Å². The van der Waals surface area contributed by atoms with Gasteiger partial charge in [-0.15, -0.1) is 12.4 Å². The van der Waals surface area contributed by atoms with Crippen LogP contribution in [0.2, 0.25) is 0 Å². The van der Waals surface area contributed by atoms with Crippen molar-refractivity contribution in [2.75, 3.05) is 25.0 Å². The molecule has 4 nitrogen and oxygen atoms in total. The van der Waals surface area contributed by atoms with Gasteiger partial charge in [-0.05, 0) is 48.9 Å². The number of rotatable bonds is 3. The maximum Gasteiger partial charge on any atom is 0.238 e. The van der Waals surface area contributed by atoms with Gasteiger partial charge in [0.05, 0.1) is 6.54 Å². The summed E-state index contributed by atoms with van der Waals surface area (Å²) in [6.45, 7) is 2.21. The molecule has 2 aliphatic rings. The fourth-order valence-corrected chi connectivity index (χ4v) is 3.06. The van der Waals surface area contributed by atoms with Crippen LogP contribution in [0.4, 0.5) is 5.69 Å². The number of hydrogen-bond donors (Lipinski definition) is 2. The van der Waals surface area contributed by atoms with Gasteiger partial charge in [0.1, 0.15) is 0 Å². The van der Waals surface area contributed by atoms with Crippen molar-refractivity contribution in [3.8, 4) is 0 Å². The second-order valence-corrected chi connectivity index (χ2v) is 5.67. The minimum absolute atomic E-state index is 0. The van der Waals surface area contributed by atoms with E-state index in [4.69, 9.17) is 5.73 Å². The van der Waals surface area contributed by atoms with Gasteiger partial charge in [0.15, 0.2) is 0 Å². The van der Waals surface area contributed by atoms with Gasteiger partial charge in [-0.3, -0.25) is 9.69 Å². The first-order valence-corrected chi connectivity index (χ1v) is 7.10. The summed E-state index contributed by atoms with van der Waals surface area (Å²) in [7, 11) is 0. The number of anilines is 1. The number of nitrogens with zero attached hydrogens (tertiary/aromatic N) is 1. The number of halogens is 1. The summed E-state index contributed by atoms with van der Waals surface area (Å²) in [5.74, 6) is 0.0621. The number of fused-ring (bicyclic) bond motifs is 1. The molecule has 1 amide bonds. The lowest BCUT2D eigenvalue weighted by Crippen LogP contribution is -2.33. The minimum atomic E-state index is 0. The molecule has 1 aliphatic carbocycles. The highest BCUT2D eigenvalue weighted by atomic mass is 35.5. The van der Waals surface area contributed by atoms with Crippen molar-refractivity contribution in [2.45, 2.75) is 31.7 Å². The molecule has 5 heteroatoms. The quantitative estimate of drug-likeness (QED) is 0.890. The first-order valence-electron chi connectivity index (χ1n) is 7.10. The Hall–Kier alpha value is -1.10. The third kappa shape index (κ3) is 3.51. The summed E-state index contributed by atoms with van der Waals surface area (Å²) < 4.78 is 0. The highest BCUT2D eigenvalue weighted by Crippen LogP contribution is 2.24. The van der Waals surface area contributed by atoms with Crippen LogP contribution in [0, 0.1) is 0 Å². The van der Waals surface area contributed by atoms with Gasteiger partial charge in [0.2, 0.25) is 5.91 Å². The average Bonchev–Trinajstić information content (AvgIpc) is 2.97. The van der Waals surface area contributed by atoms with Crippen molar-refractivity contribution in [3.05, 3.63) is 29.3 Å². The molecular formula is C15H22ClN3O. The van der Waals surface area contributed by atoms with E-state index in [9.17, 15) is 4.79 Å². The number of carbonyl (C=O) groups is 1. The first-order chi connectivity index (χ1) is 9.20. The standard InChI is InChI=1S/C15H21N3O.ClH/c16-13-6-7-18(9-13)10-15(19)17-14-5-4-11-2-1-3-12(11)8-14;/h4-5,8,13H,1-3,6-7,9-10,16H2,(H,17,19);1H/t13-;/m0./s1. The van der Waals surface area contributed by atoms with Crippen molar-refractivity contribution >= 4 is 24.0 Å². The lowest BCUT2D eigenvalue weighted by molar-refractivity contribution is -0.117. The predicted molar refractivity (Wildman–Crippen MR) is 83.4 cm³/mol. The Morgan fingerprint density at radius 1 is 1.35 bits per heavy atom. The van der Waals surface area contributed by atoms with Gasteiger partial charge >= 0.3 is 0 Å². The highest BCUT2D eigenvalue weighted by molar-refractivity contribution is 5.92. The maximum atomic E-state index is 12.0. The first kappa shape index (κ1) is 15.3. The number of hydrogen-bond acceptors (Lipinski definition) is 3. The van der Waals surface area contributed by atoms with Gasteiger partial charge in [0.25, 0.3) is 0 Å². The van der Waals surface area contributed by atoms with Crippen LogP contribution in [0.1, 0.15) is 24.0 Å². The third-order valence-electron chi connectivity index (χ3n) is 4.06. The summed E-state index contributed by atoms with van der Waals surface area (Å²) >= 11 is 0. The van der Waals surface area contributed by atoms with E-state index in [0.717, 1.165) is 31.6 Å². The van der Waals surface area contributed by atoms with Crippen LogP contribution in [0.5, 0.6) is 0 Å². The highest BCUT2D eigenvalue weighted by Gasteiger charge is 2.21. The minimum Gasteiger partial charge on any atom is -0.326 e. The van der Waals surface area contributed by atoms with E-state index in [2.05, 4.69) is 22.3 Å². The van der Waals surface area contributed by atoms with Crippen molar-refractivity contribution in [2.24, 2.45) is 5.73 Å². The monoisotopic (exact) mass is 295 g/mol. The summed E-state index contributed by atoms with van der Waals surface area (Å²) in [6, 6.07) is 6.50. The molecular weight excluding hydrogens is 274 g/mol. The molecule has 110 valence electrons. The number of carbonyl (C=O) groups excluding carboxylic acids is 1. The number of likely N-dealkylation sites (tertiary alicyclic amines) is 1. The Morgan fingerprint density at radius 2 is 2.15 bits per heavy atom. The summed E-state index contributed by atoms with van der Waals surface area (Å²) in [4.78, 5) is 14.1. The lowest BCUT2D eigenvalue weighted by atomic mass is 10.1. The van der Waals surface area contributed by atoms with E-state index < -0.39 is 0 Å². The molecule has 1 saturated heterocycles. The summed E-state index contributed by atoms with van der Waals surface area (Å²) in [6.07, 6.45) is 4.54. The molecule has 0 aromatic heterocycles. The van der Waals surface area contributed by atoms with Crippen LogP contribution >= 0.6 is 12.4 Å². The van der Waals surface area contributed by atoms with Crippen LogP contribution in [0.25, 0.3) is 0 Å². The van der Waals surface area contributed by atoms with Crippen molar-refractivity contribution in [1.29, 1.82) is 0 Å². The predicted octanol–water partition coefficient (Wildman–Crippen LogP) is 1.57. The molecule has 1 atom stereocenters. The Kier molecular flexibility index (Phi) is 5.02. The summed E-state index contributed by atoms with van der Waals surface area (Å²) in [5, 5.41) is 2.99. The third-order valence-corrected chi connectivity index (χ3v) is 4.06. The van der Waals surface area contributed by atoms with E-state index in [1.54, 1.807) is 0 Å². The van der Waals surface area contributed by atoms with Crippen LogP contribution in [0.15, 0.2) is 18.2 Å². The van der Waals surface area contributed by atoms with Gasteiger partial charge in [-0.1, -0.05) is 6.07 Å². The Labute approximate surface area is 126 Å². The molecule has 0 radical (unpaired) electrons. The molecule has 1 aliphatic heterocycles. The number of amides is 1. The van der Waals surface area contributed by atoms with Gasteiger partial charge in [-0.25, -0.2) is 0 Å². The molecule has 3 N–H and O–H groups in total. The number of aryl methyl sites for hydroxylation is 2. The van der Waals surface area contributed by atoms with Gasteiger partial charge in [-0.2, -0.15) is 0 Å². The SMILES string of the molecule is Cl.N[C@H]1CCN(CC(=O)Nc2ccc3c(c2)CCC3)C1. The molecule has 1 aromatic carbocycles. The van der Waals surface area contributed by atoms with Crippen LogP contribution in [-0.4, -0.2) is 36.5 Å². The molecule has 1 aromatic rings. The molecule has 0 spiro atoms. The molecule has 0 bridgehead atoms. The Morgan fingerprint density at radius 3 is 2.90 bits per heavy atom. The van der Waals surface area contributed by atoms with Crippen LogP contribution < -0.4 is 11.1 Å². The zero-order chi connectivity index (χ0) is 13.2. The fourth-order valence-electron chi connectivity index (χ4n) is 3.06. The fraction of sp³-hybridized carbons (Fsp3) is 0.533. The van der Waals surface area contributed by atoms with Crippen molar-refractivity contribution < 1.29 is 4.79 Å². The summed E-state index contributed by atoms with van der Waals surface area (Å²) in [5.41, 5.74) is 9.59. The van der Waals surface area contributed by atoms with E-state index in [-0.39, 0.29) is 24.4 Å². The molecule has 1 fully saturated rings. The number of benzene rings is 1.